The number of furan rings is 1. The number of carbonyl (C=O) groups is 2. The third kappa shape index (κ3) is 2.93. The first-order valence-corrected chi connectivity index (χ1v) is 8.84. The van der Waals surface area contributed by atoms with Crippen LogP contribution in [0.3, 0.4) is 0 Å². The Bertz CT molecular complexity index is 1070. The van der Waals surface area contributed by atoms with E-state index in [1.165, 1.54) is 10.5 Å². The van der Waals surface area contributed by atoms with Gasteiger partial charge in [0.1, 0.15) is 11.3 Å². The van der Waals surface area contributed by atoms with Crippen molar-refractivity contribution in [1.82, 2.24) is 0 Å². The molecule has 2 amide bonds. The number of hydrogen-bond donors (Lipinski definition) is 1. The van der Waals surface area contributed by atoms with E-state index in [1.54, 1.807) is 25.2 Å². The molecule has 27 heavy (non-hydrogen) atoms. The number of nitrogens with one attached hydrogen (secondary N) is 1. The van der Waals surface area contributed by atoms with E-state index in [9.17, 15) is 9.59 Å². The fourth-order valence-corrected chi connectivity index (χ4v) is 3.24. The van der Waals surface area contributed by atoms with Gasteiger partial charge in [-0.15, -0.1) is 0 Å². The van der Waals surface area contributed by atoms with E-state index in [2.05, 4.69) is 18.3 Å². The van der Waals surface area contributed by atoms with Gasteiger partial charge in [-0.1, -0.05) is 13.0 Å². The highest BCUT2D eigenvalue weighted by Crippen LogP contribution is 2.34. The lowest BCUT2D eigenvalue weighted by Gasteiger charge is -2.26. The summed E-state index contributed by atoms with van der Waals surface area (Å²) >= 11 is 0. The molecular weight excluding hydrogens is 344 g/mol. The number of hydrogen-bond acceptors (Lipinski definition) is 4. The topological polar surface area (TPSA) is 71.8 Å². The zero-order valence-electron chi connectivity index (χ0n) is 15.5. The predicted molar refractivity (Wildman–Crippen MR) is 104 cm³/mol. The number of anilines is 2. The minimum absolute atomic E-state index is 0.0210. The Labute approximate surface area is 156 Å². The average molecular weight is 364 g/mol. The molecule has 0 spiro atoms. The Balaban J connectivity index is 1.64. The summed E-state index contributed by atoms with van der Waals surface area (Å²) in [5.41, 5.74) is 3.89. The van der Waals surface area contributed by atoms with E-state index in [0.29, 0.717) is 22.7 Å². The molecule has 6 nitrogen and oxygen atoms in total. The summed E-state index contributed by atoms with van der Waals surface area (Å²) in [6.45, 7) is 3.99. The van der Waals surface area contributed by atoms with Gasteiger partial charge in [-0.3, -0.25) is 9.59 Å². The zero-order chi connectivity index (χ0) is 19.1. The molecule has 0 saturated carbocycles. The lowest BCUT2D eigenvalue weighted by atomic mass is 10.1. The van der Waals surface area contributed by atoms with Crippen molar-refractivity contribution in [3.63, 3.8) is 0 Å². The first-order chi connectivity index (χ1) is 13.0. The monoisotopic (exact) mass is 364 g/mol. The second-order valence-corrected chi connectivity index (χ2v) is 6.62. The predicted octanol–water partition coefficient (Wildman–Crippen LogP) is 3.91. The van der Waals surface area contributed by atoms with Crippen LogP contribution in [0.5, 0.6) is 5.75 Å². The molecule has 1 aliphatic heterocycles. The summed E-state index contributed by atoms with van der Waals surface area (Å²) < 4.78 is 11.2. The number of nitrogens with zero attached hydrogens (tertiary/aromatic N) is 1. The SMILES string of the molecule is CCc1ccc2oc(C(=O)Nc3ccc4c(c3)N(C)C(=O)CO4)c(C)c2c1. The van der Waals surface area contributed by atoms with E-state index in [1.807, 2.05) is 19.1 Å². The van der Waals surface area contributed by atoms with Crippen LogP contribution in [0.4, 0.5) is 11.4 Å². The van der Waals surface area contributed by atoms with Crippen LogP contribution in [0.25, 0.3) is 11.0 Å². The van der Waals surface area contributed by atoms with E-state index in [4.69, 9.17) is 9.15 Å². The average Bonchev–Trinajstić information content (AvgIpc) is 3.01. The second kappa shape index (κ2) is 6.46. The van der Waals surface area contributed by atoms with Crippen molar-refractivity contribution in [3.8, 4) is 5.75 Å². The van der Waals surface area contributed by atoms with Crippen molar-refractivity contribution in [2.45, 2.75) is 20.3 Å². The van der Waals surface area contributed by atoms with Crippen LogP contribution >= 0.6 is 0 Å². The Morgan fingerprint density at radius 3 is 2.81 bits per heavy atom. The summed E-state index contributed by atoms with van der Waals surface area (Å²) in [7, 11) is 1.68. The molecule has 138 valence electrons. The molecule has 1 aliphatic rings. The van der Waals surface area contributed by atoms with Gasteiger partial charge in [0, 0.05) is 23.7 Å². The van der Waals surface area contributed by atoms with Crippen molar-refractivity contribution in [3.05, 3.63) is 53.3 Å². The molecule has 2 heterocycles. The molecule has 2 aromatic carbocycles. The van der Waals surface area contributed by atoms with Crippen LogP contribution in [-0.4, -0.2) is 25.5 Å². The molecule has 4 rings (SSSR count). The highest BCUT2D eigenvalue weighted by atomic mass is 16.5. The third-order valence-corrected chi connectivity index (χ3v) is 4.92. The number of rotatable bonds is 3. The van der Waals surface area contributed by atoms with Crippen molar-refractivity contribution in [2.24, 2.45) is 0 Å². The molecule has 0 saturated heterocycles. The highest BCUT2D eigenvalue weighted by Gasteiger charge is 2.23. The Kier molecular flexibility index (Phi) is 4.11. The van der Waals surface area contributed by atoms with Crippen molar-refractivity contribution < 1.29 is 18.7 Å². The van der Waals surface area contributed by atoms with E-state index in [0.717, 1.165) is 17.4 Å². The summed E-state index contributed by atoms with van der Waals surface area (Å²) in [5, 5.41) is 3.80. The van der Waals surface area contributed by atoms with Gasteiger partial charge < -0.3 is 19.4 Å². The lowest BCUT2D eigenvalue weighted by molar-refractivity contribution is -0.120. The van der Waals surface area contributed by atoms with E-state index in [-0.39, 0.29) is 24.2 Å². The minimum Gasteiger partial charge on any atom is -0.482 e. The van der Waals surface area contributed by atoms with Crippen LogP contribution in [0.15, 0.2) is 40.8 Å². The van der Waals surface area contributed by atoms with Gasteiger partial charge in [-0.05, 0) is 49.2 Å². The lowest BCUT2D eigenvalue weighted by Crippen LogP contribution is -2.35. The number of aryl methyl sites for hydroxylation is 2. The number of ether oxygens (including phenoxy) is 1. The zero-order valence-corrected chi connectivity index (χ0v) is 15.5. The Morgan fingerprint density at radius 1 is 1.22 bits per heavy atom. The van der Waals surface area contributed by atoms with Gasteiger partial charge in [0.15, 0.2) is 12.4 Å². The maximum Gasteiger partial charge on any atom is 0.291 e. The maximum atomic E-state index is 12.8. The fourth-order valence-electron chi connectivity index (χ4n) is 3.24. The van der Waals surface area contributed by atoms with Gasteiger partial charge in [0.2, 0.25) is 0 Å². The summed E-state index contributed by atoms with van der Waals surface area (Å²) in [5.74, 6) is 0.442. The number of fused-ring (bicyclic) bond motifs is 2. The van der Waals surface area contributed by atoms with Gasteiger partial charge in [0.25, 0.3) is 11.8 Å². The third-order valence-electron chi connectivity index (χ3n) is 4.92. The molecule has 3 aromatic rings. The highest BCUT2D eigenvalue weighted by molar-refractivity contribution is 6.07. The number of likely N-dealkylation sites (N-methyl/N-ethyl adjacent to an activating group) is 1. The van der Waals surface area contributed by atoms with Gasteiger partial charge >= 0.3 is 0 Å². The molecular formula is C21H20N2O4. The molecule has 1 aromatic heterocycles. The molecule has 0 fully saturated rings. The van der Waals surface area contributed by atoms with Crippen LogP contribution in [0, 0.1) is 6.92 Å². The maximum absolute atomic E-state index is 12.8. The Morgan fingerprint density at radius 2 is 2.04 bits per heavy atom. The van der Waals surface area contributed by atoms with E-state index < -0.39 is 0 Å². The number of amides is 2. The standard InChI is InChI=1S/C21H20N2O4/c1-4-13-5-7-17-15(9-13)12(2)20(27-17)21(25)22-14-6-8-18-16(10-14)23(3)19(24)11-26-18/h5-10H,4,11H2,1-3H3,(H,22,25). The first-order valence-electron chi connectivity index (χ1n) is 8.84. The van der Waals surface area contributed by atoms with Crippen molar-refractivity contribution in [1.29, 1.82) is 0 Å². The summed E-state index contributed by atoms with van der Waals surface area (Å²) in [4.78, 5) is 26.1. The van der Waals surface area contributed by atoms with Gasteiger partial charge in [-0.25, -0.2) is 0 Å². The van der Waals surface area contributed by atoms with Crippen LogP contribution < -0.4 is 15.0 Å². The molecule has 0 aliphatic carbocycles. The summed E-state index contributed by atoms with van der Waals surface area (Å²) in [6.07, 6.45) is 0.922. The molecule has 0 bridgehead atoms. The van der Waals surface area contributed by atoms with Crippen molar-refractivity contribution in [2.75, 3.05) is 23.9 Å². The van der Waals surface area contributed by atoms with Crippen LogP contribution in [-0.2, 0) is 11.2 Å². The molecule has 0 atom stereocenters. The van der Waals surface area contributed by atoms with Gasteiger partial charge in [0.05, 0.1) is 5.69 Å². The molecule has 6 heteroatoms. The smallest absolute Gasteiger partial charge is 0.291 e. The van der Waals surface area contributed by atoms with E-state index >= 15 is 0 Å². The van der Waals surface area contributed by atoms with Gasteiger partial charge in [-0.2, -0.15) is 0 Å². The molecule has 0 radical (unpaired) electrons. The van der Waals surface area contributed by atoms with Crippen LogP contribution in [0.2, 0.25) is 0 Å². The molecule has 0 unspecified atom stereocenters. The normalized spacial score (nSPS) is 13.4. The van der Waals surface area contributed by atoms with Crippen molar-refractivity contribution >= 4 is 34.2 Å². The second-order valence-electron chi connectivity index (χ2n) is 6.62. The minimum atomic E-state index is -0.326. The van der Waals surface area contributed by atoms with Crippen LogP contribution in [0.1, 0.15) is 28.6 Å². The summed E-state index contributed by atoms with van der Waals surface area (Å²) in [6, 6.07) is 11.2. The number of benzene rings is 2. The first kappa shape index (κ1) is 17.1. The fraction of sp³-hybridized carbons (Fsp3) is 0.238. The Hall–Kier alpha value is -3.28. The molecule has 1 N–H and O–H groups in total. The largest absolute Gasteiger partial charge is 0.482 e. The number of carbonyl (C=O) groups excluding carboxylic acids is 2. The quantitative estimate of drug-likeness (QED) is 0.765.